The SMILES string of the molecule is C=C/C=C\CCO[Si](C=C)(c1ccccc1)c1ccccc1. The Morgan fingerprint density at radius 2 is 1.41 bits per heavy atom. The zero-order valence-electron chi connectivity index (χ0n) is 12.8. The summed E-state index contributed by atoms with van der Waals surface area (Å²) < 4.78 is 6.43. The highest BCUT2D eigenvalue weighted by Crippen LogP contribution is 2.10. The Morgan fingerprint density at radius 1 is 0.864 bits per heavy atom. The molecule has 1 nitrogen and oxygen atoms in total. The molecular formula is C20H22OSi. The van der Waals surface area contributed by atoms with Crippen molar-refractivity contribution in [3.05, 3.63) is 97.7 Å². The van der Waals surface area contributed by atoms with E-state index in [0.717, 1.165) is 6.42 Å². The van der Waals surface area contributed by atoms with Crippen molar-refractivity contribution < 1.29 is 4.43 Å². The molecule has 0 N–H and O–H groups in total. The van der Waals surface area contributed by atoms with E-state index in [2.05, 4.69) is 67.8 Å². The fourth-order valence-corrected chi connectivity index (χ4v) is 5.55. The highest BCUT2D eigenvalue weighted by molar-refractivity contribution is 7.01. The maximum Gasteiger partial charge on any atom is 0.280 e. The van der Waals surface area contributed by atoms with Crippen LogP contribution in [0.2, 0.25) is 0 Å². The van der Waals surface area contributed by atoms with Gasteiger partial charge >= 0.3 is 0 Å². The third-order valence-electron chi connectivity index (χ3n) is 3.58. The Balaban J connectivity index is 2.33. The molecule has 0 aliphatic heterocycles. The second-order valence-corrected chi connectivity index (χ2v) is 8.30. The van der Waals surface area contributed by atoms with E-state index in [-0.39, 0.29) is 0 Å². The fourth-order valence-electron chi connectivity index (χ4n) is 2.48. The maximum atomic E-state index is 6.43. The average molecular weight is 306 g/mol. The van der Waals surface area contributed by atoms with Gasteiger partial charge in [-0.1, -0.05) is 91.2 Å². The molecule has 112 valence electrons. The quantitative estimate of drug-likeness (QED) is 0.411. The zero-order chi connectivity index (χ0) is 15.7. The maximum absolute atomic E-state index is 6.43. The zero-order valence-corrected chi connectivity index (χ0v) is 13.8. The summed E-state index contributed by atoms with van der Waals surface area (Å²) in [6.07, 6.45) is 6.68. The minimum Gasteiger partial charge on any atom is -0.404 e. The molecular weight excluding hydrogens is 284 g/mol. The predicted octanol–water partition coefficient (Wildman–Crippen LogP) is 3.62. The van der Waals surface area contributed by atoms with Gasteiger partial charge in [-0.15, -0.1) is 6.58 Å². The summed E-state index contributed by atoms with van der Waals surface area (Å²) in [5.41, 5.74) is 2.02. The summed E-state index contributed by atoms with van der Waals surface area (Å²) in [7, 11) is -2.38. The van der Waals surface area contributed by atoms with Crippen molar-refractivity contribution >= 4 is 18.7 Å². The van der Waals surface area contributed by atoms with Crippen LogP contribution < -0.4 is 10.4 Å². The molecule has 0 heterocycles. The molecule has 0 aromatic heterocycles. The number of allylic oxidation sites excluding steroid dienone is 2. The van der Waals surface area contributed by atoms with Gasteiger partial charge in [0.2, 0.25) is 0 Å². The molecule has 22 heavy (non-hydrogen) atoms. The van der Waals surface area contributed by atoms with Crippen molar-refractivity contribution in [1.82, 2.24) is 0 Å². The molecule has 0 fully saturated rings. The largest absolute Gasteiger partial charge is 0.404 e. The molecule has 0 radical (unpaired) electrons. The van der Waals surface area contributed by atoms with Gasteiger partial charge in [0.05, 0.1) is 0 Å². The summed E-state index contributed by atoms with van der Waals surface area (Å²) in [6, 6.07) is 20.9. The van der Waals surface area contributed by atoms with Crippen LogP contribution in [0.15, 0.2) is 97.7 Å². The molecule has 0 saturated carbocycles. The van der Waals surface area contributed by atoms with Crippen molar-refractivity contribution in [1.29, 1.82) is 0 Å². The lowest BCUT2D eigenvalue weighted by atomic mass is 10.4. The van der Waals surface area contributed by atoms with Crippen LogP contribution in [0, 0.1) is 0 Å². The molecule has 2 aromatic rings. The first-order valence-electron chi connectivity index (χ1n) is 7.49. The first kappa shape index (κ1) is 16.2. The Kier molecular flexibility index (Phi) is 6.13. The van der Waals surface area contributed by atoms with Crippen molar-refractivity contribution in [2.24, 2.45) is 0 Å². The molecule has 2 aromatic carbocycles. The topological polar surface area (TPSA) is 9.23 Å². The first-order valence-corrected chi connectivity index (χ1v) is 9.48. The van der Waals surface area contributed by atoms with E-state index < -0.39 is 8.32 Å². The van der Waals surface area contributed by atoms with Gasteiger partial charge in [-0.3, -0.25) is 0 Å². The van der Waals surface area contributed by atoms with Crippen LogP contribution in [0.3, 0.4) is 0 Å². The highest BCUT2D eigenvalue weighted by Gasteiger charge is 2.36. The Hall–Kier alpha value is -2.16. The van der Waals surface area contributed by atoms with Gasteiger partial charge in [0.15, 0.2) is 0 Å². The second-order valence-electron chi connectivity index (χ2n) is 4.97. The molecule has 0 amide bonds. The van der Waals surface area contributed by atoms with Crippen molar-refractivity contribution in [2.75, 3.05) is 6.61 Å². The van der Waals surface area contributed by atoms with Crippen LogP contribution >= 0.6 is 0 Å². The number of hydrogen-bond acceptors (Lipinski definition) is 1. The van der Waals surface area contributed by atoms with Gasteiger partial charge in [-0.05, 0) is 16.8 Å². The second kappa shape index (κ2) is 8.32. The third-order valence-corrected chi connectivity index (χ3v) is 7.20. The van der Waals surface area contributed by atoms with Crippen LogP contribution in [0.5, 0.6) is 0 Å². The molecule has 0 bridgehead atoms. The van der Waals surface area contributed by atoms with Crippen LogP contribution in [0.4, 0.5) is 0 Å². The molecule has 2 heteroatoms. The van der Waals surface area contributed by atoms with Crippen LogP contribution in [0.25, 0.3) is 0 Å². The summed E-state index contributed by atoms with van der Waals surface area (Å²) in [6.45, 7) is 8.46. The van der Waals surface area contributed by atoms with E-state index in [1.165, 1.54) is 10.4 Å². The standard InChI is InChI=1S/C20H22OSi/c1-3-5-6-13-18-21-22(4-2,19-14-9-7-10-15-19)20-16-11-8-12-17-20/h3-12,14-17H,1-2,13,18H2/b6-5-. The van der Waals surface area contributed by atoms with Gasteiger partial charge in [0, 0.05) is 6.61 Å². The lowest BCUT2D eigenvalue weighted by Gasteiger charge is -2.29. The molecule has 0 atom stereocenters. The molecule has 0 spiro atoms. The number of benzene rings is 2. The van der Waals surface area contributed by atoms with E-state index in [9.17, 15) is 0 Å². The van der Waals surface area contributed by atoms with Gasteiger partial charge in [-0.2, -0.15) is 0 Å². The fraction of sp³-hybridized carbons (Fsp3) is 0.100. The average Bonchev–Trinajstić information content (AvgIpc) is 2.60. The predicted molar refractivity (Wildman–Crippen MR) is 98.0 cm³/mol. The first-order chi connectivity index (χ1) is 10.8. The molecule has 0 aliphatic carbocycles. The van der Waals surface area contributed by atoms with Crippen molar-refractivity contribution in [3.8, 4) is 0 Å². The molecule has 0 aliphatic rings. The van der Waals surface area contributed by atoms with Gasteiger partial charge in [0.25, 0.3) is 8.32 Å². The van der Waals surface area contributed by atoms with E-state index >= 15 is 0 Å². The van der Waals surface area contributed by atoms with Gasteiger partial charge in [-0.25, -0.2) is 0 Å². The lowest BCUT2D eigenvalue weighted by molar-refractivity contribution is 0.330. The summed E-state index contributed by atoms with van der Waals surface area (Å²) in [5.74, 6) is 0. The van der Waals surface area contributed by atoms with Crippen molar-refractivity contribution in [2.45, 2.75) is 6.42 Å². The molecule has 0 saturated heterocycles. The van der Waals surface area contributed by atoms with Gasteiger partial charge < -0.3 is 4.43 Å². The van der Waals surface area contributed by atoms with Crippen molar-refractivity contribution in [3.63, 3.8) is 0 Å². The number of rotatable bonds is 8. The molecule has 2 rings (SSSR count). The van der Waals surface area contributed by atoms with Crippen LogP contribution in [0.1, 0.15) is 6.42 Å². The lowest BCUT2D eigenvalue weighted by Crippen LogP contribution is -2.59. The monoisotopic (exact) mass is 306 g/mol. The summed E-state index contributed by atoms with van der Waals surface area (Å²) in [5, 5.41) is 2.45. The van der Waals surface area contributed by atoms with E-state index in [4.69, 9.17) is 4.43 Å². The van der Waals surface area contributed by atoms with Gasteiger partial charge in [0.1, 0.15) is 0 Å². The molecule has 0 unspecified atom stereocenters. The van der Waals surface area contributed by atoms with Crippen LogP contribution in [-0.4, -0.2) is 14.9 Å². The number of hydrogen-bond donors (Lipinski definition) is 0. The third kappa shape index (κ3) is 3.73. The minimum absolute atomic E-state index is 0.673. The van der Waals surface area contributed by atoms with E-state index in [0.29, 0.717) is 6.61 Å². The summed E-state index contributed by atoms with van der Waals surface area (Å²) in [4.78, 5) is 0. The minimum atomic E-state index is -2.38. The Labute approximate surface area is 134 Å². The smallest absolute Gasteiger partial charge is 0.280 e. The Bertz CT molecular complexity index is 577. The highest BCUT2D eigenvalue weighted by atomic mass is 28.4. The van der Waals surface area contributed by atoms with E-state index in [1.807, 2.05) is 23.9 Å². The van der Waals surface area contributed by atoms with Crippen LogP contribution in [-0.2, 0) is 4.43 Å². The normalized spacial score (nSPS) is 11.5. The Morgan fingerprint density at radius 3 is 1.86 bits per heavy atom. The van der Waals surface area contributed by atoms with E-state index in [1.54, 1.807) is 6.08 Å². The summed E-state index contributed by atoms with van der Waals surface area (Å²) >= 11 is 0.